The van der Waals surface area contributed by atoms with Crippen LogP contribution in [-0.4, -0.2) is 12.0 Å². The molecular formula is C16H15Cl2NO2. The highest BCUT2D eigenvalue weighted by molar-refractivity contribution is 6.33. The first kappa shape index (κ1) is 15.7. The van der Waals surface area contributed by atoms with E-state index in [1.54, 1.807) is 49.4 Å². The van der Waals surface area contributed by atoms with Crippen molar-refractivity contribution in [1.82, 2.24) is 0 Å². The molecule has 2 aromatic rings. The van der Waals surface area contributed by atoms with E-state index in [1.165, 1.54) is 0 Å². The topological polar surface area (TPSA) is 38.3 Å². The van der Waals surface area contributed by atoms with Gasteiger partial charge in [-0.15, -0.1) is 0 Å². The molecule has 21 heavy (non-hydrogen) atoms. The van der Waals surface area contributed by atoms with Crippen molar-refractivity contribution in [2.24, 2.45) is 0 Å². The van der Waals surface area contributed by atoms with Gasteiger partial charge in [0.1, 0.15) is 5.75 Å². The number of amides is 1. The Kier molecular flexibility index (Phi) is 5.10. The molecule has 2 rings (SSSR count). The van der Waals surface area contributed by atoms with Gasteiger partial charge in [-0.25, -0.2) is 0 Å². The minimum Gasteiger partial charge on any atom is -0.481 e. The van der Waals surface area contributed by atoms with Gasteiger partial charge in [-0.2, -0.15) is 0 Å². The van der Waals surface area contributed by atoms with E-state index in [4.69, 9.17) is 27.9 Å². The fourth-order valence-electron chi connectivity index (χ4n) is 1.75. The van der Waals surface area contributed by atoms with Gasteiger partial charge in [-0.05, 0) is 49.7 Å². The SMILES string of the molecule is Cc1cc(O[C@@H](C)C(=O)Nc2ccccc2Cl)ccc1Cl. The van der Waals surface area contributed by atoms with Crippen LogP contribution in [0.25, 0.3) is 0 Å². The molecule has 0 saturated heterocycles. The molecule has 0 bridgehead atoms. The quantitative estimate of drug-likeness (QED) is 0.885. The van der Waals surface area contributed by atoms with E-state index in [9.17, 15) is 4.79 Å². The molecule has 0 radical (unpaired) electrons. The van der Waals surface area contributed by atoms with Crippen molar-refractivity contribution in [3.8, 4) is 5.75 Å². The Morgan fingerprint density at radius 1 is 1.14 bits per heavy atom. The molecule has 0 aromatic heterocycles. The van der Waals surface area contributed by atoms with Crippen molar-refractivity contribution in [2.75, 3.05) is 5.32 Å². The molecule has 0 aliphatic rings. The molecule has 5 heteroatoms. The van der Waals surface area contributed by atoms with Crippen molar-refractivity contribution in [3.63, 3.8) is 0 Å². The summed E-state index contributed by atoms with van der Waals surface area (Å²) in [5.74, 6) is 0.328. The van der Waals surface area contributed by atoms with E-state index < -0.39 is 6.10 Å². The molecule has 0 aliphatic carbocycles. The van der Waals surface area contributed by atoms with Crippen LogP contribution in [0.3, 0.4) is 0 Å². The summed E-state index contributed by atoms with van der Waals surface area (Å²) < 4.78 is 5.61. The standard InChI is InChI=1S/C16H15Cl2NO2/c1-10-9-12(7-8-13(10)17)21-11(2)16(20)19-15-6-4-3-5-14(15)18/h3-9,11H,1-2H3,(H,19,20)/t11-/m0/s1. The number of carbonyl (C=O) groups excluding carboxylic acids is 1. The third kappa shape index (κ3) is 4.13. The van der Waals surface area contributed by atoms with Crippen LogP contribution in [0, 0.1) is 6.92 Å². The van der Waals surface area contributed by atoms with Crippen LogP contribution in [0.5, 0.6) is 5.75 Å². The van der Waals surface area contributed by atoms with Crippen molar-refractivity contribution >= 4 is 34.8 Å². The third-order valence-electron chi connectivity index (χ3n) is 2.94. The molecule has 1 N–H and O–H groups in total. The average molecular weight is 324 g/mol. The van der Waals surface area contributed by atoms with Gasteiger partial charge in [0.25, 0.3) is 5.91 Å². The minimum atomic E-state index is -0.651. The molecule has 0 saturated carbocycles. The van der Waals surface area contributed by atoms with Gasteiger partial charge >= 0.3 is 0 Å². The summed E-state index contributed by atoms with van der Waals surface area (Å²) in [6, 6.07) is 12.3. The number of benzene rings is 2. The fraction of sp³-hybridized carbons (Fsp3) is 0.188. The predicted octanol–water partition coefficient (Wildman–Crippen LogP) is 4.71. The number of rotatable bonds is 4. The second-order valence-electron chi connectivity index (χ2n) is 4.64. The monoisotopic (exact) mass is 323 g/mol. The number of para-hydroxylation sites is 1. The van der Waals surface area contributed by atoms with Gasteiger partial charge in [0.15, 0.2) is 6.10 Å². The predicted molar refractivity (Wildman–Crippen MR) is 86.4 cm³/mol. The fourth-order valence-corrected chi connectivity index (χ4v) is 2.05. The average Bonchev–Trinajstić information content (AvgIpc) is 2.45. The van der Waals surface area contributed by atoms with E-state index in [1.807, 2.05) is 6.92 Å². The number of anilines is 1. The lowest BCUT2D eigenvalue weighted by atomic mass is 10.2. The number of hydrogen-bond donors (Lipinski definition) is 1. The lowest BCUT2D eigenvalue weighted by Gasteiger charge is -2.16. The summed E-state index contributed by atoms with van der Waals surface area (Å²) in [6.45, 7) is 3.56. The molecule has 2 aromatic carbocycles. The molecule has 3 nitrogen and oxygen atoms in total. The van der Waals surface area contributed by atoms with E-state index >= 15 is 0 Å². The van der Waals surface area contributed by atoms with Crippen LogP contribution in [-0.2, 0) is 4.79 Å². The van der Waals surface area contributed by atoms with E-state index in [0.717, 1.165) is 5.56 Å². The second kappa shape index (κ2) is 6.83. The maximum Gasteiger partial charge on any atom is 0.265 e. The number of aryl methyl sites for hydroxylation is 1. The summed E-state index contributed by atoms with van der Waals surface area (Å²) in [5.41, 5.74) is 1.46. The van der Waals surface area contributed by atoms with Crippen LogP contribution in [0.15, 0.2) is 42.5 Å². The summed E-state index contributed by atoms with van der Waals surface area (Å²) >= 11 is 12.0. The molecule has 1 amide bonds. The summed E-state index contributed by atoms with van der Waals surface area (Å²) in [5, 5.41) is 3.88. The lowest BCUT2D eigenvalue weighted by molar-refractivity contribution is -0.122. The van der Waals surface area contributed by atoms with E-state index in [0.29, 0.717) is 21.5 Å². The number of hydrogen-bond acceptors (Lipinski definition) is 2. The Morgan fingerprint density at radius 2 is 1.86 bits per heavy atom. The molecule has 0 fully saturated rings. The van der Waals surface area contributed by atoms with Crippen LogP contribution in [0.2, 0.25) is 10.0 Å². The zero-order chi connectivity index (χ0) is 15.4. The van der Waals surface area contributed by atoms with Crippen LogP contribution in [0.4, 0.5) is 5.69 Å². The number of nitrogens with one attached hydrogen (secondary N) is 1. The summed E-state index contributed by atoms with van der Waals surface area (Å²) in [7, 11) is 0. The molecule has 0 spiro atoms. The summed E-state index contributed by atoms with van der Waals surface area (Å²) in [4.78, 5) is 12.1. The smallest absolute Gasteiger partial charge is 0.265 e. The van der Waals surface area contributed by atoms with Crippen LogP contribution < -0.4 is 10.1 Å². The first-order valence-corrected chi connectivity index (χ1v) is 7.21. The molecule has 0 heterocycles. The van der Waals surface area contributed by atoms with Gasteiger partial charge in [0, 0.05) is 5.02 Å². The molecule has 0 unspecified atom stereocenters. The Morgan fingerprint density at radius 3 is 2.52 bits per heavy atom. The van der Waals surface area contributed by atoms with E-state index in [2.05, 4.69) is 5.32 Å². The minimum absolute atomic E-state index is 0.268. The highest BCUT2D eigenvalue weighted by atomic mass is 35.5. The largest absolute Gasteiger partial charge is 0.481 e. The molecular weight excluding hydrogens is 309 g/mol. The third-order valence-corrected chi connectivity index (χ3v) is 3.70. The van der Waals surface area contributed by atoms with Gasteiger partial charge in [-0.3, -0.25) is 4.79 Å². The first-order chi connectivity index (χ1) is 9.97. The zero-order valence-corrected chi connectivity index (χ0v) is 13.2. The molecule has 0 aliphatic heterocycles. The lowest BCUT2D eigenvalue weighted by Crippen LogP contribution is -2.30. The maximum atomic E-state index is 12.1. The van der Waals surface area contributed by atoms with E-state index in [-0.39, 0.29) is 5.91 Å². The molecule has 1 atom stereocenters. The number of halogens is 2. The van der Waals surface area contributed by atoms with Crippen molar-refractivity contribution in [1.29, 1.82) is 0 Å². The highest BCUT2D eigenvalue weighted by Gasteiger charge is 2.16. The Labute approximate surface area is 133 Å². The zero-order valence-electron chi connectivity index (χ0n) is 11.7. The Bertz CT molecular complexity index is 658. The first-order valence-electron chi connectivity index (χ1n) is 6.45. The van der Waals surface area contributed by atoms with Gasteiger partial charge < -0.3 is 10.1 Å². The Balaban J connectivity index is 2.02. The number of carbonyl (C=O) groups is 1. The van der Waals surface area contributed by atoms with Gasteiger partial charge in [0.05, 0.1) is 10.7 Å². The summed E-state index contributed by atoms with van der Waals surface area (Å²) in [6.07, 6.45) is -0.651. The number of ether oxygens (including phenoxy) is 1. The van der Waals surface area contributed by atoms with Crippen molar-refractivity contribution in [2.45, 2.75) is 20.0 Å². The van der Waals surface area contributed by atoms with Crippen LogP contribution >= 0.6 is 23.2 Å². The van der Waals surface area contributed by atoms with Crippen molar-refractivity contribution < 1.29 is 9.53 Å². The maximum absolute atomic E-state index is 12.1. The van der Waals surface area contributed by atoms with Gasteiger partial charge in [0.2, 0.25) is 0 Å². The highest BCUT2D eigenvalue weighted by Crippen LogP contribution is 2.23. The van der Waals surface area contributed by atoms with Crippen LogP contribution in [0.1, 0.15) is 12.5 Å². The molecule has 110 valence electrons. The second-order valence-corrected chi connectivity index (χ2v) is 5.45. The van der Waals surface area contributed by atoms with Crippen molar-refractivity contribution in [3.05, 3.63) is 58.1 Å². The van der Waals surface area contributed by atoms with Gasteiger partial charge in [-0.1, -0.05) is 35.3 Å². The normalized spacial score (nSPS) is 11.8. The Hall–Kier alpha value is -1.71.